The van der Waals surface area contributed by atoms with Crippen LogP contribution in [0.2, 0.25) is 5.02 Å². The number of nitrogen functional groups attached to an aromatic ring is 1. The molecule has 0 saturated heterocycles. The van der Waals surface area contributed by atoms with Gasteiger partial charge in [0.1, 0.15) is 17.3 Å². The van der Waals surface area contributed by atoms with Crippen molar-refractivity contribution >= 4 is 17.4 Å². The quantitative estimate of drug-likeness (QED) is 0.868. The lowest BCUT2D eigenvalue weighted by atomic mass is 10.1. The number of hydrogen-bond donors (Lipinski definition) is 1. The molecule has 4 heteroatoms. The van der Waals surface area contributed by atoms with Gasteiger partial charge >= 0.3 is 0 Å². The average Bonchev–Trinajstić information content (AvgIpc) is 2.70. The van der Waals surface area contributed by atoms with E-state index in [2.05, 4.69) is 17.8 Å². The Bertz CT molecular complexity index is 606. The fourth-order valence-electron chi connectivity index (χ4n) is 2.02. The van der Waals surface area contributed by atoms with Gasteiger partial charge < -0.3 is 10.3 Å². The molecule has 98 valence electrons. The summed E-state index contributed by atoms with van der Waals surface area (Å²) in [5.41, 5.74) is 7.89. The zero-order valence-electron chi connectivity index (χ0n) is 10.9. The van der Waals surface area contributed by atoms with Gasteiger partial charge in [-0.05, 0) is 18.6 Å². The highest BCUT2D eigenvalue weighted by atomic mass is 35.5. The fraction of sp³-hybridized carbons (Fsp3) is 0.267. The van der Waals surface area contributed by atoms with Crippen LogP contribution in [0.15, 0.2) is 24.3 Å². The van der Waals surface area contributed by atoms with E-state index in [1.807, 2.05) is 28.8 Å². The number of nitrogens with zero attached hydrogens (tertiary/aromatic N) is 2. The average molecular weight is 274 g/mol. The molecule has 2 rings (SSSR count). The van der Waals surface area contributed by atoms with Gasteiger partial charge in [0.25, 0.3) is 0 Å². The van der Waals surface area contributed by atoms with Crippen molar-refractivity contribution in [3.05, 3.63) is 35.1 Å². The van der Waals surface area contributed by atoms with Crippen LogP contribution in [-0.4, -0.2) is 9.55 Å². The van der Waals surface area contributed by atoms with E-state index in [0.717, 1.165) is 29.9 Å². The lowest BCUT2D eigenvalue weighted by Crippen LogP contribution is -2.06. The van der Waals surface area contributed by atoms with Crippen LogP contribution >= 0.6 is 11.6 Å². The Hall–Kier alpha value is -1.92. The van der Waals surface area contributed by atoms with Crippen molar-refractivity contribution in [3.63, 3.8) is 0 Å². The second-order valence-electron chi connectivity index (χ2n) is 4.31. The van der Waals surface area contributed by atoms with E-state index in [1.165, 1.54) is 0 Å². The topological polar surface area (TPSA) is 43.8 Å². The van der Waals surface area contributed by atoms with Crippen molar-refractivity contribution in [3.8, 4) is 23.6 Å². The number of terminal acetylenes is 1. The minimum atomic E-state index is 0.446. The van der Waals surface area contributed by atoms with Gasteiger partial charge in [-0.3, -0.25) is 0 Å². The predicted molar refractivity (Wildman–Crippen MR) is 79.9 cm³/mol. The number of rotatable bonds is 4. The monoisotopic (exact) mass is 273 g/mol. The molecule has 0 fully saturated rings. The molecule has 1 aromatic carbocycles. The largest absolute Gasteiger partial charge is 0.383 e. The molecule has 1 heterocycles. The molecular weight excluding hydrogens is 258 g/mol. The summed E-state index contributed by atoms with van der Waals surface area (Å²) in [5.74, 6) is 4.17. The highest BCUT2D eigenvalue weighted by molar-refractivity contribution is 6.30. The number of aryl methyl sites for hydroxylation is 1. The lowest BCUT2D eigenvalue weighted by Gasteiger charge is -2.04. The van der Waals surface area contributed by atoms with Crippen molar-refractivity contribution in [2.45, 2.75) is 26.3 Å². The molecule has 0 radical (unpaired) electrons. The highest BCUT2D eigenvalue weighted by Crippen LogP contribution is 2.27. The first-order valence-corrected chi connectivity index (χ1v) is 6.59. The Morgan fingerprint density at radius 3 is 2.63 bits per heavy atom. The minimum absolute atomic E-state index is 0.446. The molecule has 0 aliphatic heterocycles. The Morgan fingerprint density at radius 2 is 2.05 bits per heavy atom. The normalized spacial score (nSPS) is 10.4. The summed E-state index contributed by atoms with van der Waals surface area (Å²) >= 11 is 5.89. The Balaban J connectivity index is 2.49. The summed E-state index contributed by atoms with van der Waals surface area (Å²) in [6, 6.07) is 7.49. The Labute approximate surface area is 118 Å². The molecular formula is C15H16ClN3. The van der Waals surface area contributed by atoms with E-state index >= 15 is 0 Å². The van der Waals surface area contributed by atoms with Crippen LogP contribution in [0.3, 0.4) is 0 Å². The van der Waals surface area contributed by atoms with Crippen molar-refractivity contribution in [2.75, 3.05) is 5.73 Å². The van der Waals surface area contributed by atoms with Gasteiger partial charge in [-0.15, -0.1) is 6.42 Å². The summed E-state index contributed by atoms with van der Waals surface area (Å²) in [5, 5.41) is 0.694. The molecule has 0 atom stereocenters. The number of benzene rings is 1. The van der Waals surface area contributed by atoms with Gasteiger partial charge in [0.05, 0.1) is 6.54 Å². The summed E-state index contributed by atoms with van der Waals surface area (Å²) < 4.78 is 1.90. The number of nitrogens with two attached hydrogens (primary N) is 1. The van der Waals surface area contributed by atoms with Crippen LogP contribution in [0.1, 0.15) is 19.2 Å². The van der Waals surface area contributed by atoms with Crippen LogP contribution in [0.5, 0.6) is 0 Å². The van der Waals surface area contributed by atoms with Gasteiger partial charge in [0, 0.05) is 17.0 Å². The number of anilines is 1. The van der Waals surface area contributed by atoms with E-state index < -0.39 is 0 Å². The Morgan fingerprint density at radius 1 is 1.37 bits per heavy atom. The van der Waals surface area contributed by atoms with Crippen molar-refractivity contribution in [2.24, 2.45) is 0 Å². The Kier molecular flexibility index (Phi) is 4.13. The first-order chi connectivity index (χ1) is 9.17. The van der Waals surface area contributed by atoms with Gasteiger partial charge in [0.2, 0.25) is 0 Å². The van der Waals surface area contributed by atoms with Crippen LogP contribution in [0.25, 0.3) is 11.3 Å². The van der Waals surface area contributed by atoms with Crippen LogP contribution in [0.4, 0.5) is 5.82 Å². The third kappa shape index (κ3) is 2.74. The SMILES string of the molecule is C#CCn1c(CCC)nc(-c2ccc(Cl)cc2)c1N. The molecule has 3 nitrogen and oxygen atoms in total. The lowest BCUT2D eigenvalue weighted by molar-refractivity contribution is 0.733. The van der Waals surface area contributed by atoms with Crippen LogP contribution in [0, 0.1) is 12.3 Å². The van der Waals surface area contributed by atoms with E-state index in [1.54, 1.807) is 0 Å². The van der Waals surface area contributed by atoms with Gasteiger partial charge in [0.15, 0.2) is 0 Å². The van der Waals surface area contributed by atoms with Gasteiger partial charge in [-0.1, -0.05) is 36.6 Å². The number of imidazole rings is 1. The van der Waals surface area contributed by atoms with Crippen molar-refractivity contribution in [1.29, 1.82) is 0 Å². The minimum Gasteiger partial charge on any atom is -0.383 e. The first-order valence-electron chi connectivity index (χ1n) is 6.21. The van der Waals surface area contributed by atoms with Crippen LogP contribution < -0.4 is 5.73 Å². The third-order valence-corrected chi connectivity index (χ3v) is 3.18. The molecule has 0 spiro atoms. The predicted octanol–water partition coefficient (Wildman–Crippen LogP) is 3.37. The third-order valence-electron chi connectivity index (χ3n) is 2.93. The number of aromatic nitrogens is 2. The maximum Gasteiger partial charge on any atom is 0.132 e. The van der Waals surface area contributed by atoms with Crippen molar-refractivity contribution in [1.82, 2.24) is 9.55 Å². The molecule has 19 heavy (non-hydrogen) atoms. The van der Waals surface area contributed by atoms with E-state index in [9.17, 15) is 0 Å². The summed E-state index contributed by atoms with van der Waals surface area (Å²) in [6.45, 7) is 2.55. The standard InChI is InChI=1S/C15H16ClN3/c1-3-5-13-18-14(15(17)19(13)10-4-2)11-6-8-12(16)9-7-11/h2,6-9H,3,5,10,17H2,1H3. The molecule has 2 N–H and O–H groups in total. The van der Waals surface area contributed by atoms with Gasteiger partial charge in [-0.2, -0.15) is 0 Å². The second kappa shape index (κ2) is 5.81. The molecule has 0 aliphatic rings. The van der Waals surface area contributed by atoms with E-state index in [-0.39, 0.29) is 0 Å². The smallest absolute Gasteiger partial charge is 0.132 e. The summed E-state index contributed by atoms with van der Waals surface area (Å²) in [6.07, 6.45) is 7.25. The summed E-state index contributed by atoms with van der Waals surface area (Å²) in [4.78, 5) is 4.62. The summed E-state index contributed by atoms with van der Waals surface area (Å²) in [7, 11) is 0. The number of halogens is 1. The highest BCUT2D eigenvalue weighted by Gasteiger charge is 2.14. The van der Waals surface area contributed by atoms with Crippen LogP contribution in [-0.2, 0) is 13.0 Å². The van der Waals surface area contributed by atoms with E-state index in [0.29, 0.717) is 17.4 Å². The van der Waals surface area contributed by atoms with Crippen molar-refractivity contribution < 1.29 is 0 Å². The fourth-order valence-corrected chi connectivity index (χ4v) is 2.14. The molecule has 0 amide bonds. The maximum atomic E-state index is 6.16. The zero-order chi connectivity index (χ0) is 13.8. The first kappa shape index (κ1) is 13.5. The molecule has 0 aliphatic carbocycles. The molecule has 1 aromatic heterocycles. The second-order valence-corrected chi connectivity index (χ2v) is 4.75. The number of hydrogen-bond acceptors (Lipinski definition) is 2. The molecule has 0 bridgehead atoms. The zero-order valence-corrected chi connectivity index (χ0v) is 11.6. The molecule has 0 saturated carbocycles. The maximum absolute atomic E-state index is 6.16. The molecule has 2 aromatic rings. The van der Waals surface area contributed by atoms with E-state index in [4.69, 9.17) is 23.8 Å². The van der Waals surface area contributed by atoms with Gasteiger partial charge in [-0.25, -0.2) is 4.98 Å². The molecule has 0 unspecified atom stereocenters.